The first-order valence-corrected chi connectivity index (χ1v) is 7.19. The van der Waals surface area contributed by atoms with E-state index in [4.69, 9.17) is 4.42 Å². The Kier molecular flexibility index (Phi) is 4.02. The normalized spacial score (nSPS) is 23.9. The summed E-state index contributed by atoms with van der Waals surface area (Å²) in [5, 5.41) is 4.33. The van der Waals surface area contributed by atoms with Gasteiger partial charge in [0.25, 0.3) is 5.91 Å². The molecule has 1 atom stereocenters. The molecule has 1 heterocycles. The van der Waals surface area contributed by atoms with Gasteiger partial charge in [0, 0.05) is 5.71 Å². The maximum atomic E-state index is 12.1. The first-order valence-electron chi connectivity index (χ1n) is 7.19. The van der Waals surface area contributed by atoms with Crippen LogP contribution in [0.25, 0.3) is 0 Å². The van der Waals surface area contributed by atoms with E-state index in [0.29, 0.717) is 17.2 Å². The molecule has 4 nitrogen and oxygen atoms in total. The van der Waals surface area contributed by atoms with Crippen molar-refractivity contribution in [1.29, 1.82) is 0 Å². The van der Waals surface area contributed by atoms with Crippen LogP contribution < -0.4 is 5.43 Å². The van der Waals surface area contributed by atoms with Crippen LogP contribution in [0, 0.1) is 25.2 Å². The van der Waals surface area contributed by atoms with Crippen LogP contribution >= 0.6 is 0 Å². The second-order valence-corrected chi connectivity index (χ2v) is 6.80. The van der Waals surface area contributed by atoms with E-state index in [0.717, 1.165) is 24.3 Å². The number of hydrogen-bond acceptors (Lipinski definition) is 3. The molecule has 0 spiro atoms. The third kappa shape index (κ3) is 3.50. The Morgan fingerprint density at radius 3 is 2.70 bits per heavy atom. The number of amides is 1. The van der Waals surface area contributed by atoms with E-state index < -0.39 is 0 Å². The standard InChI is InChI=1S/C16H24N2O2/c1-10-6-13(9-16(4,5)8-10)17-18-15(19)14-7-11(2)20-12(14)3/h7,10H,6,8-9H2,1-5H3,(H,18,19)/b17-13+. The Morgan fingerprint density at radius 2 is 2.15 bits per heavy atom. The van der Waals surface area contributed by atoms with E-state index in [1.54, 1.807) is 13.0 Å². The minimum Gasteiger partial charge on any atom is -0.466 e. The Hall–Kier alpha value is -1.58. The molecule has 1 aliphatic rings. The fourth-order valence-corrected chi connectivity index (χ4v) is 3.25. The van der Waals surface area contributed by atoms with Gasteiger partial charge in [-0.25, -0.2) is 5.43 Å². The zero-order valence-electron chi connectivity index (χ0n) is 13.0. The van der Waals surface area contributed by atoms with Crippen LogP contribution in [-0.4, -0.2) is 11.6 Å². The monoisotopic (exact) mass is 276 g/mol. The third-order valence-electron chi connectivity index (χ3n) is 3.77. The number of furan rings is 1. The van der Waals surface area contributed by atoms with Gasteiger partial charge in [0.1, 0.15) is 11.5 Å². The molecule has 0 saturated heterocycles. The molecule has 1 aliphatic carbocycles. The van der Waals surface area contributed by atoms with E-state index in [-0.39, 0.29) is 11.3 Å². The Morgan fingerprint density at radius 1 is 1.45 bits per heavy atom. The highest BCUT2D eigenvalue weighted by Crippen LogP contribution is 2.36. The molecule has 1 aromatic rings. The summed E-state index contributed by atoms with van der Waals surface area (Å²) < 4.78 is 5.37. The number of carbonyl (C=O) groups is 1. The molecule has 0 bridgehead atoms. The fraction of sp³-hybridized carbons (Fsp3) is 0.625. The van der Waals surface area contributed by atoms with Crippen molar-refractivity contribution in [3.63, 3.8) is 0 Å². The van der Waals surface area contributed by atoms with Gasteiger partial charge in [-0.15, -0.1) is 0 Å². The van der Waals surface area contributed by atoms with Crippen LogP contribution in [0.4, 0.5) is 0 Å². The Labute approximate surface area is 120 Å². The van der Waals surface area contributed by atoms with Crippen LogP contribution in [0.2, 0.25) is 0 Å². The average Bonchev–Trinajstić information content (AvgIpc) is 2.63. The maximum Gasteiger partial charge on any atom is 0.274 e. The second-order valence-electron chi connectivity index (χ2n) is 6.80. The first kappa shape index (κ1) is 14.8. The van der Waals surface area contributed by atoms with Gasteiger partial charge in [0.15, 0.2) is 0 Å². The molecule has 1 unspecified atom stereocenters. The summed E-state index contributed by atoms with van der Waals surface area (Å²) in [6.45, 7) is 10.4. The zero-order valence-corrected chi connectivity index (χ0v) is 13.0. The number of nitrogens with zero attached hydrogens (tertiary/aromatic N) is 1. The summed E-state index contributed by atoms with van der Waals surface area (Å²) in [5.41, 5.74) is 4.59. The minimum atomic E-state index is -0.192. The molecule has 20 heavy (non-hydrogen) atoms. The highest BCUT2D eigenvalue weighted by molar-refractivity contribution is 5.96. The van der Waals surface area contributed by atoms with Crippen molar-refractivity contribution in [2.24, 2.45) is 16.4 Å². The van der Waals surface area contributed by atoms with Gasteiger partial charge in [0.2, 0.25) is 0 Å². The maximum absolute atomic E-state index is 12.1. The molecule has 1 N–H and O–H groups in total. The van der Waals surface area contributed by atoms with Crippen molar-refractivity contribution in [2.75, 3.05) is 0 Å². The molecule has 1 amide bonds. The quantitative estimate of drug-likeness (QED) is 0.835. The molecule has 4 heteroatoms. The van der Waals surface area contributed by atoms with Gasteiger partial charge < -0.3 is 4.42 Å². The predicted molar refractivity (Wildman–Crippen MR) is 79.9 cm³/mol. The summed E-state index contributed by atoms with van der Waals surface area (Å²) in [4.78, 5) is 12.1. The van der Waals surface area contributed by atoms with Crippen LogP contribution in [0.15, 0.2) is 15.6 Å². The Bertz CT molecular complexity index is 541. The van der Waals surface area contributed by atoms with Crippen LogP contribution in [0.5, 0.6) is 0 Å². The lowest BCUT2D eigenvalue weighted by molar-refractivity contribution is 0.0952. The van der Waals surface area contributed by atoms with E-state index in [2.05, 4.69) is 31.3 Å². The van der Waals surface area contributed by atoms with Crippen LogP contribution in [0.1, 0.15) is 61.9 Å². The fourth-order valence-electron chi connectivity index (χ4n) is 3.25. The van der Waals surface area contributed by atoms with E-state index in [1.807, 2.05) is 6.92 Å². The zero-order chi connectivity index (χ0) is 14.9. The minimum absolute atomic E-state index is 0.192. The molecule has 1 aromatic heterocycles. The van der Waals surface area contributed by atoms with E-state index >= 15 is 0 Å². The summed E-state index contributed by atoms with van der Waals surface area (Å²) in [5.74, 6) is 1.81. The van der Waals surface area contributed by atoms with E-state index in [9.17, 15) is 4.79 Å². The van der Waals surface area contributed by atoms with E-state index in [1.165, 1.54) is 6.42 Å². The van der Waals surface area contributed by atoms with Crippen molar-refractivity contribution in [1.82, 2.24) is 5.43 Å². The first-order chi connectivity index (χ1) is 9.27. The molecule has 0 aliphatic heterocycles. The average molecular weight is 276 g/mol. The highest BCUT2D eigenvalue weighted by atomic mass is 16.3. The summed E-state index contributed by atoms with van der Waals surface area (Å²) >= 11 is 0. The van der Waals surface area contributed by atoms with Gasteiger partial charge in [-0.3, -0.25) is 4.79 Å². The lowest BCUT2D eigenvalue weighted by Gasteiger charge is -2.34. The van der Waals surface area contributed by atoms with Crippen molar-refractivity contribution in [2.45, 2.75) is 53.9 Å². The summed E-state index contributed by atoms with van der Waals surface area (Å²) in [6, 6.07) is 1.75. The van der Waals surface area contributed by atoms with Crippen LogP contribution in [-0.2, 0) is 0 Å². The largest absolute Gasteiger partial charge is 0.466 e. The molecule has 0 aromatic carbocycles. The Balaban J connectivity index is 2.05. The molecular weight excluding hydrogens is 252 g/mol. The number of nitrogens with one attached hydrogen (secondary N) is 1. The topological polar surface area (TPSA) is 54.6 Å². The molecule has 1 fully saturated rings. The van der Waals surface area contributed by atoms with Gasteiger partial charge in [-0.05, 0) is 50.5 Å². The number of hydrazone groups is 1. The number of aryl methyl sites for hydroxylation is 2. The van der Waals surface area contributed by atoms with Gasteiger partial charge in [-0.1, -0.05) is 20.8 Å². The van der Waals surface area contributed by atoms with Gasteiger partial charge in [-0.2, -0.15) is 5.10 Å². The SMILES string of the molecule is Cc1cc(C(=O)N/N=C2\CC(C)CC(C)(C)C2)c(C)o1. The lowest BCUT2D eigenvalue weighted by atomic mass is 9.72. The highest BCUT2D eigenvalue weighted by Gasteiger charge is 2.29. The number of carbonyl (C=O) groups excluding carboxylic acids is 1. The lowest BCUT2D eigenvalue weighted by Crippen LogP contribution is -2.30. The van der Waals surface area contributed by atoms with Crippen molar-refractivity contribution in [3.05, 3.63) is 23.2 Å². The van der Waals surface area contributed by atoms with Gasteiger partial charge >= 0.3 is 0 Å². The molecule has 0 radical (unpaired) electrons. The second kappa shape index (κ2) is 5.43. The third-order valence-corrected chi connectivity index (χ3v) is 3.77. The van der Waals surface area contributed by atoms with Crippen molar-refractivity contribution in [3.8, 4) is 0 Å². The molecule has 2 rings (SSSR count). The molecule has 1 saturated carbocycles. The van der Waals surface area contributed by atoms with Crippen molar-refractivity contribution < 1.29 is 9.21 Å². The van der Waals surface area contributed by atoms with Crippen LogP contribution in [0.3, 0.4) is 0 Å². The molecule has 110 valence electrons. The number of hydrogen-bond donors (Lipinski definition) is 1. The number of rotatable bonds is 2. The summed E-state index contributed by atoms with van der Waals surface area (Å²) in [7, 11) is 0. The molecular formula is C16H24N2O2. The smallest absolute Gasteiger partial charge is 0.274 e. The summed E-state index contributed by atoms with van der Waals surface area (Å²) in [6.07, 6.45) is 3.12. The predicted octanol–water partition coefficient (Wildman–Crippen LogP) is 3.83. The van der Waals surface area contributed by atoms with Gasteiger partial charge in [0.05, 0.1) is 5.56 Å². The van der Waals surface area contributed by atoms with Crippen molar-refractivity contribution >= 4 is 11.6 Å².